The Bertz CT molecular complexity index is 102. The van der Waals surface area contributed by atoms with E-state index in [-0.39, 0.29) is 32.7 Å². The number of hydrogen-bond acceptors (Lipinski definition) is 1. The van der Waals surface area contributed by atoms with Crippen molar-refractivity contribution < 1.29 is 37.8 Å². The van der Waals surface area contributed by atoms with Gasteiger partial charge in [0.15, 0.2) is 0 Å². The van der Waals surface area contributed by atoms with E-state index in [0.29, 0.717) is 6.61 Å². The Morgan fingerprint density at radius 3 is 1.73 bits per heavy atom. The zero-order valence-corrected chi connectivity index (χ0v) is 9.66. The van der Waals surface area contributed by atoms with Crippen LogP contribution in [0, 0.1) is 6.07 Å². The van der Waals surface area contributed by atoms with Crippen LogP contribution in [0.1, 0.15) is 13.3 Å². The maximum Gasteiger partial charge on any atom is 0.0428 e. The Hall–Kier alpha value is 0.284. The van der Waals surface area contributed by atoms with E-state index in [2.05, 4.69) is 6.07 Å². The molecule has 1 nitrogen and oxygen atoms in total. The summed E-state index contributed by atoms with van der Waals surface area (Å²) in [5.41, 5.74) is 0. The van der Waals surface area contributed by atoms with Crippen LogP contribution in [0.4, 0.5) is 0 Å². The first-order valence-corrected chi connectivity index (χ1v) is 3.43. The molecule has 0 saturated carbocycles. The van der Waals surface area contributed by atoms with E-state index >= 15 is 0 Å². The molecule has 0 aromatic heterocycles. The summed E-state index contributed by atoms with van der Waals surface area (Å²) in [6.07, 6.45) is 0.875. The molecule has 0 bridgehead atoms. The zero-order valence-electron chi connectivity index (χ0n) is 6.83. The van der Waals surface area contributed by atoms with E-state index in [4.69, 9.17) is 5.11 Å². The van der Waals surface area contributed by atoms with Gasteiger partial charge in [-0.1, -0.05) is 6.92 Å². The summed E-state index contributed by atoms with van der Waals surface area (Å²) in [6, 6.07) is 12.5. The second kappa shape index (κ2) is 12.9. The molecule has 0 aliphatic heterocycles. The smallest absolute Gasteiger partial charge is 0.0428 e. The van der Waals surface area contributed by atoms with E-state index in [0.717, 1.165) is 6.42 Å². The molecule has 0 amide bonds. The van der Waals surface area contributed by atoms with Gasteiger partial charge in [0.1, 0.15) is 0 Å². The fourth-order valence-electron chi connectivity index (χ4n) is 0.342. The molecule has 1 radical (unpaired) electrons. The van der Waals surface area contributed by atoms with E-state index in [1.54, 1.807) is 0 Å². The van der Waals surface area contributed by atoms with Crippen molar-refractivity contribution in [2.75, 3.05) is 6.61 Å². The van der Waals surface area contributed by atoms with E-state index < -0.39 is 0 Å². The van der Waals surface area contributed by atoms with E-state index in [1.165, 1.54) is 0 Å². The molecular weight excluding hydrogens is 213 g/mol. The largest absolute Gasteiger partial charge is 0.396 e. The molecule has 1 aromatic carbocycles. The van der Waals surface area contributed by atoms with Crippen molar-refractivity contribution in [3.63, 3.8) is 0 Å². The van der Waals surface area contributed by atoms with Crippen LogP contribution in [0.15, 0.2) is 30.3 Å². The topological polar surface area (TPSA) is 20.2 Å². The van der Waals surface area contributed by atoms with Crippen molar-refractivity contribution in [3.8, 4) is 0 Å². The maximum atomic E-state index is 7.88. The summed E-state index contributed by atoms with van der Waals surface area (Å²) in [5.74, 6) is 0. The van der Waals surface area contributed by atoms with Crippen molar-refractivity contribution in [2.45, 2.75) is 13.3 Å². The molecule has 0 fully saturated rings. The third-order valence-electron chi connectivity index (χ3n) is 0.831. The third kappa shape index (κ3) is 13.3. The zero-order chi connectivity index (χ0) is 7.66. The van der Waals surface area contributed by atoms with Crippen molar-refractivity contribution >= 4 is 0 Å². The van der Waals surface area contributed by atoms with Crippen molar-refractivity contribution in [2.24, 2.45) is 0 Å². The van der Waals surface area contributed by atoms with E-state index in [9.17, 15) is 0 Å². The van der Waals surface area contributed by atoms with Gasteiger partial charge in [0.05, 0.1) is 0 Å². The molecule has 59 valence electrons. The molecule has 11 heavy (non-hydrogen) atoms. The minimum absolute atomic E-state index is 0. The molecular formula is C9H13OY-. The summed E-state index contributed by atoms with van der Waals surface area (Å²) in [5, 5.41) is 7.88. The molecule has 0 aliphatic carbocycles. The van der Waals surface area contributed by atoms with Gasteiger partial charge >= 0.3 is 0 Å². The van der Waals surface area contributed by atoms with Crippen molar-refractivity contribution in [1.82, 2.24) is 0 Å². The average Bonchev–Trinajstić information content (AvgIpc) is 2.08. The predicted molar refractivity (Wildman–Crippen MR) is 42.7 cm³/mol. The fraction of sp³-hybridized carbons (Fsp3) is 0.333. The van der Waals surface area contributed by atoms with E-state index in [1.807, 2.05) is 37.3 Å². The minimum atomic E-state index is 0. The Balaban J connectivity index is 0. The van der Waals surface area contributed by atoms with Gasteiger partial charge in [0.25, 0.3) is 0 Å². The normalized spacial score (nSPS) is 7.09. The summed E-state index contributed by atoms with van der Waals surface area (Å²) < 4.78 is 0. The Morgan fingerprint density at radius 2 is 1.64 bits per heavy atom. The second-order valence-corrected chi connectivity index (χ2v) is 1.80. The van der Waals surface area contributed by atoms with Gasteiger partial charge in [-0.15, -0.1) is 0 Å². The van der Waals surface area contributed by atoms with Crippen LogP contribution >= 0.6 is 0 Å². The van der Waals surface area contributed by atoms with Crippen molar-refractivity contribution in [1.29, 1.82) is 0 Å². The molecule has 0 unspecified atom stereocenters. The summed E-state index contributed by atoms with van der Waals surface area (Å²) in [4.78, 5) is 0. The second-order valence-electron chi connectivity index (χ2n) is 1.80. The van der Waals surface area contributed by atoms with Crippen molar-refractivity contribution in [3.05, 3.63) is 36.4 Å². The van der Waals surface area contributed by atoms with Crippen LogP contribution in [0.25, 0.3) is 0 Å². The number of rotatable bonds is 1. The van der Waals surface area contributed by atoms with Crippen LogP contribution in [-0.2, 0) is 32.7 Å². The molecule has 1 N–H and O–H groups in total. The molecule has 0 aliphatic rings. The number of benzene rings is 1. The van der Waals surface area contributed by atoms with Crippen LogP contribution in [0.2, 0.25) is 0 Å². The molecule has 1 aromatic rings. The number of hydrogen-bond donors (Lipinski definition) is 1. The summed E-state index contributed by atoms with van der Waals surface area (Å²) in [7, 11) is 0. The van der Waals surface area contributed by atoms with Crippen LogP contribution in [-0.4, -0.2) is 11.7 Å². The molecule has 1 rings (SSSR count). The van der Waals surface area contributed by atoms with Gasteiger partial charge < -0.3 is 5.11 Å². The average molecular weight is 226 g/mol. The maximum absolute atomic E-state index is 7.88. The van der Waals surface area contributed by atoms with Gasteiger partial charge in [-0.3, -0.25) is 0 Å². The standard InChI is InChI=1S/C6H5.C3H8O.Y/c1-2-4-6-5-3-1;1-2-3-4;/h1-5H;4H,2-3H2,1H3;/q-1;;. The van der Waals surface area contributed by atoms with Gasteiger partial charge in [0, 0.05) is 39.3 Å². The Kier molecular flexibility index (Phi) is 16.3. The van der Waals surface area contributed by atoms with Gasteiger partial charge in [0.2, 0.25) is 0 Å². The first-order chi connectivity index (χ1) is 4.91. The number of aliphatic hydroxyl groups excluding tert-OH is 1. The SMILES string of the molecule is CCCO.[Y].[c-]1ccccc1. The quantitative estimate of drug-likeness (QED) is 0.725. The first kappa shape index (κ1) is 13.8. The van der Waals surface area contributed by atoms with Crippen LogP contribution in [0.3, 0.4) is 0 Å². The molecule has 0 saturated heterocycles. The number of aliphatic hydroxyl groups is 1. The van der Waals surface area contributed by atoms with Crippen LogP contribution < -0.4 is 0 Å². The first-order valence-electron chi connectivity index (χ1n) is 3.43. The minimum Gasteiger partial charge on any atom is -0.396 e. The molecule has 2 heteroatoms. The van der Waals surface area contributed by atoms with Gasteiger partial charge in [-0.25, -0.2) is 0 Å². The summed E-state index contributed by atoms with van der Waals surface area (Å²) >= 11 is 0. The van der Waals surface area contributed by atoms with Gasteiger partial charge in [-0.05, 0) is 6.42 Å². The fourth-order valence-corrected chi connectivity index (χ4v) is 0.342. The summed E-state index contributed by atoms with van der Waals surface area (Å²) in [6.45, 7) is 2.25. The molecule has 0 heterocycles. The Morgan fingerprint density at radius 1 is 1.18 bits per heavy atom. The monoisotopic (exact) mass is 226 g/mol. The Labute approximate surface area is 93.7 Å². The predicted octanol–water partition coefficient (Wildman–Crippen LogP) is 1.87. The third-order valence-corrected chi connectivity index (χ3v) is 0.831. The van der Waals surface area contributed by atoms with Crippen LogP contribution in [0.5, 0.6) is 0 Å². The van der Waals surface area contributed by atoms with Gasteiger partial charge in [-0.2, -0.15) is 36.4 Å². The molecule has 0 spiro atoms. The molecule has 0 atom stereocenters.